The van der Waals surface area contributed by atoms with Gasteiger partial charge in [-0.05, 0) is 12.8 Å². The van der Waals surface area contributed by atoms with Gasteiger partial charge in [-0.2, -0.15) is 4.98 Å². The van der Waals surface area contributed by atoms with E-state index in [4.69, 9.17) is 0 Å². The summed E-state index contributed by atoms with van der Waals surface area (Å²) in [5.41, 5.74) is 0.0645. The van der Waals surface area contributed by atoms with Gasteiger partial charge in [0.15, 0.2) is 5.82 Å². The largest absolute Gasteiger partial charge is 0.385 e. The predicted molar refractivity (Wildman–Crippen MR) is 62.6 cm³/mol. The van der Waals surface area contributed by atoms with Crippen molar-refractivity contribution in [1.29, 1.82) is 0 Å². The number of nitrogens with zero attached hydrogens (tertiary/aromatic N) is 4. The topological polar surface area (TPSA) is 63.3 Å². The number of rotatable bonds is 1. The fraction of sp³-hybridized carbons (Fsp3) is 0.583. The number of fused-ring (bicyclic) bond motifs is 1. The van der Waals surface area contributed by atoms with Gasteiger partial charge in [-0.3, -0.25) is 0 Å². The maximum atomic E-state index is 10.0. The molecule has 0 amide bonds. The zero-order valence-corrected chi connectivity index (χ0v) is 10.3. The molecule has 2 aromatic rings. The molecule has 0 aliphatic heterocycles. The highest BCUT2D eigenvalue weighted by molar-refractivity contribution is 5.32. The lowest BCUT2D eigenvalue weighted by atomic mass is 9.96. The standard InChI is InChI=1S/C12H16N4O/c1-11(2,3)9-14-10-13-6-8(7-16(10)15-9)12(17)4-5-12/h6-7,17H,4-5H2,1-3H3. The van der Waals surface area contributed by atoms with Gasteiger partial charge in [0, 0.05) is 23.4 Å². The minimum atomic E-state index is -0.672. The Morgan fingerprint density at radius 1 is 1.35 bits per heavy atom. The molecule has 5 heteroatoms. The van der Waals surface area contributed by atoms with E-state index in [1.807, 2.05) is 6.20 Å². The lowest BCUT2D eigenvalue weighted by Crippen LogP contribution is -2.13. The van der Waals surface area contributed by atoms with Gasteiger partial charge < -0.3 is 5.11 Å². The van der Waals surface area contributed by atoms with Crippen LogP contribution < -0.4 is 0 Å². The van der Waals surface area contributed by atoms with Gasteiger partial charge in [0.1, 0.15) is 0 Å². The Morgan fingerprint density at radius 3 is 2.65 bits per heavy atom. The highest BCUT2D eigenvalue weighted by Crippen LogP contribution is 2.44. The second-order valence-electron chi connectivity index (χ2n) is 5.80. The van der Waals surface area contributed by atoms with E-state index in [1.54, 1.807) is 10.7 Å². The van der Waals surface area contributed by atoms with E-state index in [0.717, 1.165) is 24.2 Å². The summed E-state index contributed by atoms with van der Waals surface area (Å²) in [4.78, 5) is 8.64. The third-order valence-corrected chi connectivity index (χ3v) is 3.13. The van der Waals surface area contributed by atoms with Crippen molar-refractivity contribution in [2.24, 2.45) is 0 Å². The summed E-state index contributed by atoms with van der Waals surface area (Å²) in [5, 5.41) is 14.4. The van der Waals surface area contributed by atoms with Crippen LogP contribution in [-0.4, -0.2) is 24.7 Å². The van der Waals surface area contributed by atoms with Crippen LogP contribution in [0.25, 0.3) is 5.78 Å². The molecule has 0 radical (unpaired) electrons. The van der Waals surface area contributed by atoms with Crippen LogP contribution in [0, 0.1) is 0 Å². The summed E-state index contributed by atoms with van der Waals surface area (Å²) in [5.74, 6) is 1.35. The molecule has 1 aliphatic rings. The molecular formula is C12H16N4O. The minimum Gasteiger partial charge on any atom is -0.385 e. The molecule has 0 saturated heterocycles. The fourth-order valence-electron chi connectivity index (χ4n) is 1.75. The molecule has 0 unspecified atom stereocenters. The number of aliphatic hydroxyl groups is 1. The first kappa shape index (κ1) is 10.7. The second kappa shape index (κ2) is 3.04. The van der Waals surface area contributed by atoms with Crippen LogP contribution in [-0.2, 0) is 11.0 Å². The lowest BCUT2D eigenvalue weighted by Gasteiger charge is -2.11. The smallest absolute Gasteiger partial charge is 0.252 e. The number of hydrogen-bond donors (Lipinski definition) is 1. The van der Waals surface area contributed by atoms with Crippen LogP contribution >= 0.6 is 0 Å². The van der Waals surface area contributed by atoms with Crippen LogP contribution in [0.5, 0.6) is 0 Å². The summed E-state index contributed by atoms with van der Waals surface area (Å²) in [7, 11) is 0. The number of aromatic nitrogens is 4. The van der Waals surface area contributed by atoms with Gasteiger partial charge in [-0.25, -0.2) is 9.50 Å². The van der Waals surface area contributed by atoms with Crippen molar-refractivity contribution in [1.82, 2.24) is 19.6 Å². The zero-order valence-electron chi connectivity index (χ0n) is 10.3. The molecule has 1 fully saturated rings. The first-order valence-electron chi connectivity index (χ1n) is 5.84. The third kappa shape index (κ3) is 1.70. The number of hydrogen-bond acceptors (Lipinski definition) is 4. The molecule has 1 aliphatic carbocycles. The van der Waals surface area contributed by atoms with Crippen LogP contribution in [0.15, 0.2) is 12.4 Å². The SMILES string of the molecule is CC(C)(C)c1nc2ncc(C3(O)CC3)cn2n1. The van der Waals surface area contributed by atoms with E-state index in [-0.39, 0.29) is 5.41 Å². The Balaban J connectivity index is 2.11. The molecule has 1 N–H and O–H groups in total. The van der Waals surface area contributed by atoms with Crippen molar-refractivity contribution in [3.8, 4) is 0 Å². The maximum Gasteiger partial charge on any atom is 0.252 e. The molecule has 5 nitrogen and oxygen atoms in total. The van der Waals surface area contributed by atoms with E-state index >= 15 is 0 Å². The summed E-state index contributed by atoms with van der Waals surface area (Å²) >= 11 is 0. The molecule has 0 spiro atoms. The van der Waals surface area contributed by atoms with Crippen molar-refractivity contribution in [3.63, 3.8) is 0 Å². The normalized spacial score (nSPS) is 18.6. The van der Waals surface area contributed by atoms with Crippen molar-refractivity contribution in [2.75, 3.05) is 0 Å². The molecule has 90 valence electrons. The molecule has 3 rings (SSSR count). The molecular weight excluding hydrogens is 216 g/mol. The van der Waals surface area contributed by atoms with Crippen molar-refractivity contribution >= 4 is 5.78 Å². The summed E-state index contributed by atoms with van der Waals surface area (Å²) in [6.07, 6.45) is 5.14. The summed E-state index contributed by atoms with van der Waals surface area (Å²) < 4.78 is 1.66. The Kier molecular flexibility index (Phi) is 1.91. The van der Waals surface area contributed by atoms with E-state index in [1.165, 1.54) is 0 Å². The minimum absolute atomic E-state index is 0.0929. The van der Waals surface area contributed by atoms with Gasteiger partial charge in [-0.1, -0.05) is 20.8 Å². The first-order valence-corrected chi connectivity index (χ1v) is 5.84. The quantitative estimate of drug-likeness (QED) is 0.807. The molecule has 0 bridgehead atoms. The van der Waals surface area contributed by atoms with Gasteiger partial charge in [0.25, 0.3) is 5.78 Å². The highest BCUT2D eigenvalue weighted by atomic mass is 16.3. The van der Waals surface area contributed by atoms with Gasteiger partial charge in [0.05, 0.1) is 5.60 Å². The molecule has 0 aromatic carbocycles. The van der Waals surface area contributed by atoms with Gasteiger partial charge >= 0.3 is 0 Å². The summed E-state index contributed by atoms with van der Waals surface area (Å²) in [6, 6.07) is 0. The van der Waals surface area contributed by atoms with E-state index < -0.39 is 5.60 Å². The second-order valence-corrected chi connectivity index (χ2v) is 5.80. The molecule has 17 heavy (non-hydrogen) atoms. The third-order valence-electron chi connectivity index (χ3n) is 3.13. The van der Waals surface area contributed by atoms with E-state index in [9.17, 15) is 5.11 Å². The van der Waals surface area contributed by atoms with E-state index in [0.29, 0.717) is 5.78 Å². The Morgan fingerprint density at radius 2 is 2.06 bits per heavy atom. The maximum absolute atomic E-state index is 10.0. The zero-order chi connectivity index (χ0) is 12.3. The Bertz CT molecular complexity index is 574. The van der Waals surface area contributed by atoms with E-state index in [2.05, 4.69) is 35.8 Å². The van der Waals surface area contributed by atoms with Crippen molar-refractivity contribution in [3.05, 3.63) is 23.8 Å². The average Bonchev–Trinajstić information content (AvgIpc) is 2.85. The van der Waals surface area contributed by atoms with Crippen molar-refractivity contribution in [2.45, 2.75) is 44.6 Å². The van der Waals surface area contributed by atoms with Gasteiger partial charge in [-0.15, -0.1) is 5.10 Å². The molecule has 0 atom stereocenters. The first-order chi connectivity index (χ1) is 7.88. The highest BCUT2D eigenvalue weighted by Gasteiger charge is 2.42. The van der Waals surface area contributed by atoms with Crippen molar-refractivity contribution < 1.29 is 5.11 Å². The monoisotopic (exact) mass is 232 g/mol. The average molecular weight is 232 g/mol. The van der Waals surface area contributed by atoms with Gasteiger partial charge in [0.2, 0.25) is 0 Å². The van der Waals surface area contributed by atoms with Crippen LogP contribution in [0.4, 0.5) is 0 Å². The van der Waals surface area contributed by atoms with Crippen LogP contribution in [0.1, 0.15) is 45.0 Å². The summed E-state index contributed by atoms with van der Waals surface area (Å²) in [6.45, 7) is 6.20. The molecule has 2 heterocycles. The molecule has 1 saturated carbocycles. The Hall–Kier alpha value is -1.49. The van der Waals surface area contributed by atoms with Crippen LogP contribution in [0.3, 0.4) is 0 Å². The predicted octanol–water partition coefficient (Wildman–Crippen LogP) is 1.40. The van der Waals surface area contributed by atoms with Crippen LogP contribution in [0.2, 0.25) is 0 Å². The Labute approximate surface area is 99.5 Å². The lowest BCUT2D eigenvalue weighted by molar-refractivity contribution is 0.150. The fourth-order valence-corrected chi connectivity index (χ4v) is 1.75. The molecule has 2 aromatic heterocycles.